The van der Waals surface area contributed by atoms with Crippen molar-refractivity contribution in [3.63, 3.8) is 0 Å². The Balaban J connectivity index is 2.42. The molecule has 2 atom stereocenters. The van der Waals surface area contributed by atoms with Gasteiger partial charge in [0.15, 0.2) is 0 Å². The SMILES string of the molecule is CC(C)(C)OC(=O)N[C@@H]1CC[C@@H]1C(F)(F)F. The number of rotatable bonds is 1. The zero-order valence-electron chi connectivity index (χ0n) is 9.52. The fourth-order valence-electron chi connectivity index (χ4n) is 1.52. The lowest BCUT2D eigenvalue weighted by atomic mass is 9.79. The van der Waals surface area contributed by atoms with E-state index in [4.69, 9.17) is 4.74 Å². The lowest BCUT2D eigenvalue weighted by Gasteiger charge is -2.38. The Hall–Kier alpha value is -0.940. The molecule has 0 aromatic heterocycles. The summed E-state index contributed by atoms with van der Waals surface area (Å²) in [6.45, 7) is 4.98. The average Bonchev–Trinajstić information content (AvgIpc) is 1.90. The van der Waals surface area contributed by atoms with E-state index in [1.165, 1.54) is 0 Å². The second kappa shape index (κ2) is 4.14. The molecule has 16 heavy (non-hydrogen) atoms. The van der Waals surface area contributed by atoms with Gasteiger partial charge in [0.25, 0.3) is 0 Å². The zero-order chi connectivity index (χ0) is 12.6. The van der Waals surface area contributed by atoms with Crippen LogP contribution >= 0.6 is 0 Å². The number of amides is 1. The van der Waals surface area contributed by atoms with Crippen molar-refractivity contribution in [1.82, 2.24) is 5.32 Å². The van der Waals surface area contributed by atoms with Crippen LogP contribution < -0.4 is 5.32 Å². The molecule has 0 saturated heterocycles. The molecule has 0 heterocycles. The molecule has 0 unspecified atom stereocenters. The summed E-state index contributed by atoms with van der Waals surface area (Å²) in [7, 11) is 0. The fraction of sp³-hybridized carbons (Fsp3) is 0.900. The van der Waals surface area contributed by atoms with Crippen LogP contribution in [-0.2, 0) is 4.74 Å². The summed E-state index contributed by atoms with van der Waals surface area (Å²) in [5.74, 6) is -1.43. The molecule has 1 amide bonds. The summed E-state index contributed by atoms with van der Waals surface area (Å²) in [4.78, 5) is 11.2. The molecule has 1 saturated carbocycles. The van der Waals surface area contributed by atoms with Crippen molar-refractivity contribution in [3.05, 3.63) is 0 Å². The number of hydrogen-bond donors (Lipinski definition) is 1. The van der Waals surface area contributed by atoms with Crippen LogP contribution in [0.5, 0.6) is 0 Å². The highest BCUT2D eigenvalue weighted by molar-refractivity contribution is 5.68. The van der Waals surface area contributed by atoms with Gasteiger partial charge in [-0.2, -0.15) is 13.2 Å². The average molecular weight is 239 g/mol. The lowest BCUT2D eigenvalue weighted by molar-refractivity contribution is -0.202. The quantitative estimate of drug-likeness (QED) is 0.764. The van der Waals surface area contributed by atoms with Crippen molar-refractivity contribution < 1.29 is 22.7 Å². The van der Waals surface area contributed by atoms with Crippen LogP contribution in [0.1, 0.15) is 33.6 Å². The van der Waals surface area contributed by atoms with Crippen LogP contribution in [0, 0.1) is 5.92 Å². The number of ether oxygens (including phenoxy) is 1. The van der Waals surface area contributed by atoms with Gasteiger partial charge < -0.3 is 10.1 Å². The van der Waals surface area contributed by atoms with E-state index in [0.717, 1.165) is 0 Å². The topological polar surface area (TPSA) is 38.3 Å². The first-order chi connectivity index (χ1) is 7.09. The van der Waals surface area contributed by atoms with Crippen molar-refractivity contribution >= 4 is 6.09 Å². The molecule has 1 fully saturated rings. The van der Waals surface area contributed by atoms with Gasteiger partial charge in [-0.15, -0.1) is 0 Å². The van der Waals surface area contributed by atoms with E-state index in [2.05, 4.69) is 5.32 Å². The molecule has 1 aliphatic carbocycles. The van der Waals surface area contributed by atoms with Crippen LogP contribution in [0.2, 0.25) is 0 Å². The van der Waals surface area contributed by atoms with E-state index in [-0.39, 0.29) is 6.42 Å². The normalized spacial score (nSPS) is 25.9. The lowest BCUT2D eigenvalue weighted by Crippen LogP contribution is -2.53. The molecule has 0 spiro atoms. The molecule has 0 bridgehead atoms. The zero-order valence-corrected chi connectivity index (χ0v) is 9.52. The second-order valence-corrected chi connectivity index (χ2v) is 4.98. The number of carbonyl (C=O) groups is 1. The second-order valence-electron chi connectivity index (χ2n) is 4.98. The maximum Gasteiger partial charge on any atom is 0.407 e. The van der Waals surface area contributed by atoms with Crippen LogP contribution in [0.15, 0.2) is 0 Å². The Morgan fingerprint density at radius 1 is 1.25 bits per heavy atom. The Morgan fingerprint density at radius 3 is 2.12 bits per heavy atom. The minimum atomic E-state index is -4.24. The number of alkyl halides is 3. The van der Waals surface area contributed by atoms with Crippen LogP contribution in [0.3, 0.4) is 0 Å². The van der Waals surface area contributed by atoms with Gasteiger partial charge in [-0.05, 0) is 33.6 Å². The summed E-state index contributed by atoms with van der Waals surface area (Å²) in [5.41, 5.74) is -0.693. The standard InChI is InChI=1S/C10H16F3NO2/c1-9(2,3)16-8(15)14-7-5-4-6(7)10(11,12)13/h6-7H,4-5H2,1-3H3,(H,14,15)/t6-,7+/m0/s1. The minimum Gasteiger partial charge on any atom is -0.444 e. The predicted molar refractivity (Wildman–Crippen MR) is 51.9 cm³/mol. The maximum absolute atomic E-state index is 12.3. The highest BCUT2D eigenvalue weighted by Gasteiger charge is 2.50. The fourth-order valence-corrected chi connectivity index (χ4v) is 1.52. The molecule has 0 radical (unpaired) electrons. The van der Waals surface area contributed by atoms with E-state index in [1.807, 2.05) is 0 Å². The van der Waals surface area contributed by atoms with Crippen molar-refractivity contribution in [2.75, 3.05) is 0 Å². The van der Waals surface area contributed by atoms with Gasteiger partial charge in [0.2, 0.25) is 0 Å². The highest BCUT2D eigenvalue weighted by Crippen LogP contribution is 2.41. The Morgan fingerprint density at radius 2 is 1.81 bits per heavy atom. The molecule has 1 rings (SSSR count). The smallest absolute Gasteiger partial charge is 0.407 e. The molecule has 0 aliphatic heterocycles. The number of hydrogen-bond acceptors (Lipinski definition) is 2. The van der Waals surface area contributed by atoms with E-state index in [0.29, 0.717) is 6.42 Å². The molecule has 1 N–H and O–H groups in total. The van der Waals surface area contributed by atoms with Gasteiger partial charge in [0, 0.05) is 6.04 Å². The van der Waals surface area contributed by atoms with Crippen LogP contribution in [0.25, 0.3) is 0 Å². The Bertz CT molecular complexity index is 270. The maximum atomic E-state index is 12.3. The summed E-state index contributed by atoms with van der Waals surface area (Å²) >= 11 is 0. The van der Waals surface area contributed by atoms with E-state index in [1.54, 1.807) is 20.8 Å². The van der Waals surface area contributed by atoms with Gasteiger partial charge in [-0.1, -0.05) is 0 Å². The third-order valence-corrected chi connectivity index (χ3v) is 2.40. The first-order valence-corrected chi connectivity index (χ1v) is 5.16. The summed E-state index contributed by atoms with van der Waals surface area (Å²) in [6, 6.07) is -0.838. The molecule has 1 aliphatic rings. The first-order valence-electron chi connectivity index (χ1n) is 5.16. The molecule has 6 heteroatoms. The third-order valence-electron chi connectivity index (χ3n) is 2.40. The third kappa shape index (κ3) is 3.57. The molecule has 0 aromatic rings. The van der Waals surface area contributed by atoms with E-state index >= 15 is 0 Å². The van der Waals surface area contributed by atoms with Gasteiger partial charge >= 0.3 is 12.3 Å². The summed E-state index contributed by atoms with van der Waals surface area (Å²) in [6.07, 6.45) is -4.60. The van der Waals surface area contributed by atoms with Crippen molar-refractivity contribution in [2.24, 2.45) is 5.92 Å². The largest absolute Gasteiger partial charge is 0.444 e. The number of alkyl carbamates (subject to hydrolysis) is 1. The van der Waals surface area contributed by atoms with Gasteiger partial charge in [-0.25, -0.2) is 4.79 Å². The van der Waals surface area contributed by atoms with E-state index in [9.17, 15) is 18.0 Å². The first kappa shape index (κ1) is 13.1. The van der Waals surface area contributed by atoms with Crippen LogP contribution in [0.4, 0.5) is 18.0 Å². The van der Waals surface area contributed by atoms with Crippen molar-refractivity contribution in [2.45, 2.75) is 51.4 Å². The summed E-state index contributed by atoms with van der Waals surface area (Å²) < 4.78 is 41.9. The predicted octanol–water partition coefficient (Wildman–Crippen LogP) is 2.85. The minimum absolute atomic E-state index is 0.0734. The molecular formula is C10H16F3NO2. The van der Waals surface area contributed by atoms with Gasteiger partial charge in [0.1, 0.15) is 5.60 Å². The highest BCUT2D eigenvalue weighted by atomic mass is 19.4. The van der Waals surface area contributed by atoms with E-state index < -0.39 is 29.8 Å². The van der Waals surface area contributed by atoms with Crippen LogP contribution in [-0.4, -0.2) is 23.9 Å². The molecular weight excluding hydrogens is 223 g/mol. The summed E-state index contributed by atoms with van der Waals surface area (Å²) in [5, 5.41) is 2.25. The molecule has 3 nitrogen and oxygen atoms in total. The number of nitrogens with one attached hydrogen (secondary N) is 1. The number of carbonyl (C=O) groups excluding carboxylic acids is 1. The van der Waals surface area contributed by atoms with Crippen molar-refractivity contribution in [3.8, 4) is 0 Å². The Kier molecular flexibility index (Phi) is 3.40. The van der Waals surface area contributed by atoms with Gasteiger partial charge in [-0.3, -0.25) is 0 Å². The van der Waals surface area contributed by atoms with Crippen molar-refractivity contribution in [1.29, 1.82) is 0 Å². The van der Waals surface area contributed by atoms with Gasteiger partial charge in [0.05, 0.1) is 5.92 Å². The molecule has 94 valence electrons. The Labute approximate surface area is 92.3 Å². The molecule has 0 aromatic carbocycles. The number of halogens is 3. The monoisotopic (exact) mass is 239 g/mol.